The fourth-order valence-electron chi connectivity index (χ4n) is 1.50. The summed E-state index contributed by atoms with van der Waals surface area (Å²) < 4.78 is 17.8. The zero-order chi connectivity index (χ0) is 13.5. The summed E-state index contributed by atoms with van der Waals surface area (Å²) in [5, 5.41) is 0. The fraction of sp³-hybridized carbons (Fsp3) is 1.00. The van der Waals surface area contributed by atoms with Crippen LogP contribution in [0.2, 0.25) is 38.8 Å². The molecule has 0 heterocycles. The lowest BCUT2D eigenvalue weighted by atomic mass is 10.6. The molecule has 0 spiro atoms. The number of halogens is 1. The van der Waals surface area contributed by atoms with Gasteiger partial charge < -0.3 is 13.0 Å². The smallest absolute Gasteiger partial charge is 0.325 e. The average Bonchev–Trinajstić information content (AvgIpc) is 2.23. The van der Waals surface area contributed by atoms with Crippen LogP contribution in [0.25, 0.3) is 0 Å². The largest absolute Gasteiger partial charge is 0.415 e. The Bertz CT molecular complexity index is 217. The molecule has 0 saturated carbocycles. The second-order valence-corrected chi connectivity index (χ2v) is 15.9. The van der Waals surface area contributed by atoms with Crippen molar-refractivity contribution in [2.45, 2.75) is 45.2 Å². The summed E-state index contributed by atoms with van der Waals surface area (Å²) in [5.41, 5.74) is 0. The van der Waals surface area contributed by atoms with Crippen molar-refractivity contribution < 1.29 is 13.0 Å². The van der Waals surface area contributed by atoms with E-state index >= 15 is 0 Å². The molecule has 0 saturated heterocycles. The van der Waals surface area contributed by atoms with Crippen LogP contribution in [0, 0.1) is 0 Å². The van der Waals surface area contributed by atoms with E-state index in [9.17, 15) is 0 Å². The first kappa shape index (κ1) is 17.8. The van der Waals surface area contributed by atoms with Crippen LogP contribution in [0.1, 0.15) is 6.42 Å². The lowest BCUT2D eigenvalue weighted by molar-refractivity contribution is 0.235. The molecule has 0 aliphatic carbocycles. The van der Waals surface area contributed by atoms with Crippen LogP contribution in [0.4, 0.5) is 0 Å². The molecule has 17 heavy (non-hydrogen) atoms. The Balaban J connectivity index is 4.31. The molecule has 0 fully saturated rings. The van der Waals surface area contributed by atoms with Gasteiger partial charge in [0, 0.05) is 19.2 Å². The van der Waals surface area contributed by atoms with Crippen molar-refractivity contribution in [3.63, 3.8) is 0 Å². The number of alkyl halides is 1. The van der Waals surface area contributed by atoms with Crippen LogP contribution < -0.4 is 0 Å². The Kier molecular flexibility index (Phi) is 8.47. The molecule has 0 aromatic heterocycles. The highest BCUT2D eigenvalue weighted by Gasteiger charge is 2.39. The van der Waals surface area contributed by atoms with Gasteiger partial charge in [0.25, 0.3) is 0 Å². The zero-order valence-electron chi connectivity index (χ0n) is 12.0. The standard InChI is InChI=1S/C10H27ClO3Si3/c1-12-17(6,9-7-8-11)14-16(4,5)13-10-15(2)3/h15H,7-10H2,1-6H3. The number of rotatable bonds is 9. The Morgan fingerprint density at radius 1 is 1.18 bits per heavy atom. The molecule has 0 aliphatic heterocycles. The molecular weight excluding hydrogens is 288 g/mol. The minimum absolute atomic E-state index is 0.664. The van der Waals surface area contributed by atoms with Crippen molar-refractivity contribution in [2.75, 3.05) is 19.2 Å². The highest BCUT2D eigenvalue weighted by Crippen LogP contribution is 2.21. The number of hydrogen-bond donors (Lipinski definition) is 0. The first-order valence-electron chi connectivity index (χ1n) is 6.20. The van der Waals surface area contributed by atoms with Gasteiger partial charge in [-0.25, -0.2) is 0 Å². The lowest BCUT2D eigenvalue weighted by Gasteiger charge is -2.34. The van der Waals surface area contributed by atoms with Gasteiger partial charge in [0.15, 0.2) is 0 Å². The third-order valence-electron chi connectivity index (χ3n) is 2.42. The molecule has 0 N–H and O–H groups in total. The summed E-state index contributed by atoms with van der Waals surface area (Å²) in [7, 11) is -3.07. The van der Waals surface area contributed by atoms with Gasteiger partial charge in [0.2, 0.25) is 0 Å². The summed E-state index contributed by atoms with van der Waals surface area (Å²) in [6.45, 7) is 10.9. The van der Waals surface area contributed by atoms with Crippen molar-refractivity contribution in [3.8, 4) is 0 Å². The van der Waals surface area contributed by atoms with Crippen molar-refractivity contribution in [1.82, 2.24) is 0 Å². The molecule has 0 rings (SSSR count). The van der Waals surface area contributed by atoms with Gasteiger partial charge in [-0.3, -0.25) is 0 Å². The van der Waals surface area contributed by atoms with Crippen molar-refractivity contribution in [2.24, 2.45) is 0 Å². The highest BCUT2D eigenvalue weighted by atomic mass is 35.5. The molecule has 0 aromatic carbocycles. The first-order valence-corrected chi connectivity index (χ1v) is 15.2. The lowest BCUT2D eigenvalue weighted by Crippen LogP contribution is -2.50. The predicted molar refractivity (Wildman–Crippen MR) is 82.2 cm³/mol. The maximum Gasteiger partial charge on any atom is 0.325 e. The van der Waals surface area contributed by atoms with E-state index in [4.69, 9.17) is 24.6 Å². The first-order chi connectivity index (χ1) is 7.74. The van der Waals surface area contributed by atoms with Gasteiger partial charge >= 0.3 is 17.1 Å². The predicted octanol–water partition coefficient (Wildman–Crippen LogP) is 3.09. The van der Waals surface area contributed by atoms with Crippen LogP contribution in [0.5, 0.6) is 0 Å². The maximum absolute atomic E-state index is 6.22. The molecule has 0 bridgehead atoms. The van der Waals surface area contributed by atoms with Crippen LogP contribution in [-0.2, 0) is 13.0 Å². The van der Waals surface area contributed by atoms with E-state index in [1.54, 1.807) is 7.11 Å². The van der Waals surface area contributed by atoms with E-state index in [2.05, 4.69) is 32.7 Å². The minimum Gasteiger partial charge on any atom is -0.415 e. The number of hydrogen-bond acceptors (Lipinski definition) is 3. The van der Waals surface area contributed by atoms with E-state index < -0.39 is 25.9 Å². The van der Waals surface area contributed by atoms with Crippen molar-refractivity contribution in [3.05, 3.63) is 0 Å². The molecule has 0 aliphatic rings. The second kappa shape index (κ2) is 8.08. The SMILES string of the molecule is CO[Si](C)(CCCCl)O[Si](C)(C)OC[SiH](C)C. The molecule has 1 unspecified atom stereocenters. The van der Waals surface area contributed by atoms with Crippen LogP contribution in [0.15, 0.2) is 0 Å². The summed E-state index contributed by atoms with van der Waals surface area (Å²) in [6.07, 6.45) is 1.84. The van der Waals surface area contributed by atoms with E-state index in [-0.39, 0.29) is 0 Å². The second-order valence-electron chi connectivity index (χ2n) is 5.34. The Morgan fingerprint density at radius 2 is 1.76 bits per heavy atom. The third-order valence-corrected chi connectivity index (χ3v) is 10.5. The van der Waals surface area contributed by atoms with E-state index in [0.717, 1.165) is 18.7 Å². The van der Waals surface area contributed by atoms with Crippen molar-refractivity contribution in [1.29, 1.82) is 0 Å². The molecular formula is C10H27ClO3Si3. The van der Waals surface area contributed by atoms with Gasteiger partial charge in [0.1, 0.15) is 0 Å². The van der Waals surface area contributed by atoms with Crippen LogP contribution >= 0.6 is 11.6 Å². The van der Waals surface area contributed by atoms with Crippen LogP contribution in [0.3, 0.4) is 0 Å². The summed E-state index contributed by atoms with van der Waals surface area (Å²) in [6, 6.07) is 0.936. The highest BCUT2D eigenvalue weighted by molar-refractivity contribution is 6.79. The molecule has 3 nitrogen and oxygen atoms in total. The van der Waals surface area contributed by atoms with Gasteiger partial charge in [-0.05, 0) is 32.1 Å². The summed E-state index contributed by atoms with van der Waals surface area (Å²) in [5.74, 6) is 0.664. The fourth-order valence-corrected chi connectivity index (χ4v) is 11.0. The average molecular weight is 315 g/mol. The molecule has 0 aromatic rings. The minimum atomic E-state index is -2.08. The Labute approximate surface area is 115 Å². The van der Waals surface area contributed by atoms with E-state index in [1.165, 1.54) is 0 Å². The normalized spacial score (nSPS) is 16.2. The summed E-state index contributed by atoms with van der Waals surface area (Å²) >= 11 is 5.74. The Hall–Kier alpha value is 0.821. The summed E-state index contributed by atoms with van der Waals surface area (Å²) in [4.78, 5) is 0. The van der Waals surface area contributed by atoms with Gasteiger partial charge in [-0.2, -0.15) is 0 Å². The Morgan fingerprint density at radius 3 is 2.18 bits per heavy atom. The molecule has 0 radical (unpaired) electrons. The van der Waals surface area contributed by atoms with Gasteiger partial charge in [0.05, 0.1) is 8.80 Å². The van der Waals surface area contributed by atoms with E-state index in [0.29, 0.717) is 5.88 Å². The van der Waals surface area contributed by atoms with Gasteiger partial charge in [-0.1, -0.05) is 13.1 Å². The molecule has 104 valence electrons. The molecule has 1 atom stereocenters. The van der Waals surface area contributed by atoms with E-state index in [1.807, 2.05) is 0 Å². The maximum atomic E-state index is 6.22. The van der Waals surface area contributed by atoms with Gasteiger partial charge in [-0.15, -0.1) is 11.6 Å². The third kappa shape index (κ3) is 8.52. The quantitative estimate of drug-likeness (QED) is 0.483. The van der Waals surface area contributed by atoms with Crippen LogP contribution in [-0.4, -0.2) is 45.1 Å². The zero-order valence-corrected chi connectivity index (χ0v) is 15.9. The molecule has 0 amide bonds. The monoisotopic (exact) mass is 314 g/mol. The topological polar surface area (TPSA) is 27.7 Å². The van der Waals surface area contributed by atoms with Crippen molar-refractivity contribution >= 4 is 37.5 Å². The molecule has 7 heteroatoms.